The number of para-hydroxylation sites is 2. The van der Waals surface area contributed by atoms with Crippen LogP contribution >= 0.6 is 0 Å². The Balaban J connectivity index is 1.62. The highest BCUT2D eigenvalue weighted by Gasteiger charge is 2.34. The highest BCUT2D eigenvalue weighted by Crippen LogP contribution is 2.28. The van der Waals surface area contributed by atoms with Crippen LogP contribution < -0.4 is 4.90 Å². The zero-order valence-electron chi connectivity index (χ0n) is 11.9. The summed E-state index contributed by atoms with van der Waals surface area (Å²) < 4.78 is 2.11. The number of Topliss-reactive ketones (excluding diaryl/α,β-unsaturated/α-hetero) is 1. The zero-order chi connectivity index (χ0) is 15.1. The molecule has 1 aliphatic rings. The number of aromatic nitrogens is 1. The molecule has 4 nitrogen and oxygen atoms in total. The molecule has 22 heavy (non-hydrogen) atoms. The van der Waals surface area contributed by atoms with Gasteiger partial charge in [-0.05, 0) is 29.7 Å². The van der Waals surface area contributed by atoms with Crippen LogP contribution in [-0.2, 0) is 11.3 Å². The van der Waals surface area contributed by atoms with Gasteiger partial charge in [-0.25, -0.2) is 0 Å². The van der Waals surface area contributed by atoms with E-state index in [-0.39, 0.29) is 0 Å². The van der Waals surface area contributed by atoms with Gasteiger partial charge in [0.05, 0.1) is 11.3 Å². The molecule has 4 heteroatoms. The molecule has 0 radical (unpaired) electrons. The van der Waals surface area contributed by atoms with Gasteiger partial charge in [0.25, 0.3) is 11.7 Å². The lowest BCUT2D eigenvalue weighted by molar-refractivity contribution is -0.114. The zero-order valence-corrected chi connectivity index (χ0v) is 11.9. The Bertz CT molecular complexity index is 895. The smallest absolute Gasteiger partial charge is 0.299 e. The van der Waals surface area contributed by atoms with Crippen LogP contribution in [0.4, 0.5) is 5.69 Å². The van der Waals surface area contributed by atoms with Crippen LogP contribution in [0.25, 0.3) is 10.9 Å². The Labute approximate surface area is 127 Å². The summed E-state index contributed by atoms with van der Waals surface area (Å²) in [5, 5.41) is 1.17. The molecular weight excluding hydrogens is 276 g/mol. The Morgan fingerprint density at radius 2 is 1.59 bits per heavy atom. The quantitative estimate of drug-likeness (QED) is 0.696. The van der Waals surface area contributed by atoms with Gasteiger partial charge in [0.2, 0.25) is 0 Å². The van der Waals surface area contributed by atoms with Gasteiger partial charge in [-0.2, -0.15) is 0 Å². The molecule has 0 fully saturated rings. The number of nitrogens with zero attached hydrogens (tertiary/aromatic N) is 2. The van der Waals surface area contributed by atoms with E-state index in [2.05, 4.69) is 22.8 Å². The van der Waals surface area contributed by atoms with Crippen molar-refractivity contribution in [2.45, 2.75) is 6.54 Å². The fourth-order valence-electron chi connectivity index (χ4n) is 3.01. The molecular formula is C18H14N2O2. The lowest BCUT2D eigenvalue weighted by Crippen LogP contribution is -2.32. The van der Waals surface area contributed by atoms with Gasteiger partial charge in [0, 0.05) is 24.8 Å². The van der Waals surface area contributed by atoms with E-state index in [9.17, 15) is 9.59 Å². The van der Waals surface area contributed by atoms with Crippen LogP contribution in [0.15, 0.2) is 60.8 Å². The first kappa shape index (κ1) is 12.8. The maximum absolute atomic E-state index is 12.2. The standard InChI is InChI=1S/C18H14N2O2/c21-17-14-6-2-4-8-16(14)20(18(17)22)12-11-19-10-9-13-5-1-3-7-15(13)19/h1-10H,11-12H2. The summed E-state index contributed by atoms with van der Waals surface area (Å²) in [6.07, 6.45) is 2.01. The number of fused-ring (bicyclic) bond motifs is 2. The number of hydrogen-bond donors (Lipinski definition) is 0. The van der Waals surface area contributed by atoms with Crippen molar-refractivity contribution in [1.82, 2.24) is 4.57 Å². The molecule has 0 bridgehead atoms. The molecule has 0 unspecified atom stereocenters. The molecule has 0 saturated heterocycles. The molecule has 0 aliphatic carbocycles. The largest absolute Gasteiger partial charge is 0.346 e. The number of benzene rings is 2. The van der Waals surface area contributed by atoms with Crippen LogP contribution in [0.5, 0.6) is 0 Å². The number of rotatable bonds is 3. The van der Waals surface area contributed by atoms with E-state index in [0.717, 1.165) is 5.52 Å². The molecule has 0 saturated carbocycles. The van der Waals surface area contributed by atoms with E-state index in [1.807, 2.05) is 30.5 Å². The fourth-order valence-corrected chi connectivity index (χ4v) is 3.01. The van der Waals surface area contributed by atoms with Crippen molar-refractivity contribution in [3.05, 3.63) is 66.4 Å². The number of anilines is 1. The van der Waals surface area contributed by atoms with Crippen molar-refractivity contribution < 1.29 is 9.59 Å². The summed E-state index contributed by atoms with van der Waals surface area (Å²) in [6, 6.07) is 17.3. The second-order valence-electron chi connectivity index (χ2n) is 5.37. The highest BCUT2D eigenvalue weighted by atomic mass is 16.2. The molecule has 0 atom stereocenters. The van der Waals surface area contributed by atoms with Crippen molar-refractivity contribution in [3.8, 4) is 0 Å². The first-order valence-corrected chi connectivity index (χ1v) is 7.25. The molecule has 108 valence electrons. The second kappa shape index (κ2) is 4.84. The topological polar surface area (TPSA) is 42.3 Å². The van der Waals surface area contributed by atoms with Crippen LogP contribution in [-0.4, -0.2) is 22.8 Å². The minimum atomic E-state index is -0.433. The van der Waals surface area contributed by atoms with E-state index < -0.39 is 11.7 Å². The molecule has 1 amide bonds. The van der Waals surface area contributed by atoms with Crippen molar-refractivity contribution in [2.24, 2.45) is 0 Å². The second-order valence-corrected chi connectivity index (χ2v) is 5.37. The van der Waals surface area contributed by atoms with Gasteiger partial charge in [-0.15, -0.1) is 0 Å². The Morgan fingerprint density at radius 1 is 0.818 bits per heavy atom. The van der Waals surface area contributed by atoms with Gasteiger partial charge < -0.3 is 9.47 Å². The first-order chi connectivity index (χ1) is 10.8. The Kier molecular flexibility index (Phi) is 2.82. The highest BCUT2D eigenvalue weighted by molar-refractivity contribution is 6.52. The maximum atomic E-state index is 12.2. The van der Waals surface area contributed by atoms with E-state index >= 15 is 0 Å². The van der Waals surface area contributed by atoms with E-state index in [4.69, 9.17) is 0 Å². The lowest BCUT2D eigenvalue weighted by Gasteiger charge is -2.17. The average Bonchev–Trinajstić information content (AvgIpc) is 3.07. The molecule has 0 spiro atoms. The van der Waals surface area contributed by atoms with E-state index in [1.54, 1.807) is 17.0 Å². The minimum absolute atomic E-state index is 0.409. The summed E-state index contributed by atoms with van der Waals surface area (Å²) in [5.74, 6) is -0.842. The van der Waals surface area contributed by atoms with Crippen molar-refractivity contribution in [3.63, 3.8) is 0 Å². The number of amides is 1. The normalized spacial score (nSPS) is 13.9. The summed E-state index contributed by atoms with van der Waals surface area (Å²) >= 11 is 0. The Hall–Kier alpha value is -2.88. The van der Waals surface area contributed by atoms with Gasteiger partial charge in [-0.3, -0.25) is 9.59 Å². The third-order valence-corrected chi connectivity index (χ3v) is 4.12. The Morgan fingerprint density at radius 3 is 2.50 bits per heavy atom. The molecule has 1 aromatic heterocycles. The SMILES string of the molecule is O=C1C(=O)N(CCn2ccc3ccccc32)c2ccccc21. The predicted octanol–water partition coefficient (Wildman–Crippen LogP) is 2.87. The number of carbonyl (C=O) groups is 2. The summed E-state index contributed by atoms with van der Waals surface area (Å²) in [7, 11) is 0. The molecule has 3 aromatic rings. The molecule has 2 heterocycles. The van der Waals surface area contributed by atoms with E-state index in [0.29, 0.717) is 24.3 Å². The molecule has 2 aromatic carbocycles. The van der Waals surface area contributed by atoms with Gasteiger partial charge in [-0.1, -0.05) is 30.3 Å². The maximum Gasteiger partial charge on any atom is 0.299 e. The van der Waals surface area contributed by atoms with Crippen LogP contribution in [0.1, 0.15) is 10.4 Å². The number of ketones is 1. The van der Waals surface area contributed by atoms with Crippen molar-refractivity contribution >= 4 is 28.3 Å². The van der Waals surface area contributed by atoms with Crippen LogP contribution in [0.3, 0.4) is 0 Å². The third kappa shape index (κ3) is 1.84. The van der Waals surface area contributed by atoms with Gasteiger partial charge in [0.1, 0.15) is 0 Å². The predicted molar refractivity (Wildman–Crippen MR) is 85.1 cm³/mol. The third-order valence-electron chi connectivity index (χ3n) is 4.12. The average molecular weight is 290 g/mol. The summed E-state index contributed by atoms with van der Waals surface area (Å²) in [4.78, 5) is 25.7. The molecule has 4 rings (SSSR count). The lowest BCUT2D eigenvalue weighted by atomic mass is 10.1. The van der Waals surface area contributed by atoms with Gasteiger partial charge in [0.15, 0.2) is 0 Å². The molecule has 1 aliphatic heterocycles. The summed E-state index contributed by atoms with van der Waals surface area (Å²) in [6.45, 7) is 1.14. The number of hydrogen-bond acceptors (Lipinski definition) is 2. The summed E-state index contributed by atoms with van der Waals surface area (Å²) in [5.41, 5.74) is 2.35. The molecule has 0 N–H and O–H groups in total. The minimum Gasteiger partial charge on any atom is -0.346 e. The van der Waals surface area contributed by atoms with E-state index in [1.165, 1.54) is 5.39 Å². The first-order valence-electron chi connectivity index (χ1n) is 7.25. The van der Waals surface area contributed by atoms with Crippen LogP contribution in [0.2, 0.25) is 0 Å². The van der Waals surface area contributed by atoms with Gasteiger partial charge >= 0.3 is 0 Å². The van der Waals surface area contributed by atoms with Crippen LogP contribution in [0, 0.1) is 0 Å². The van der Waals surface area contributed by atoms with Crippen molar-refractivity contribution in [2.75, 3.05) is 11.4 Å². The number of carbonyl (C=O) groups excluding carboxylic acids is 2. The monoisotopic (exact) mass is 290 g/mol. The van der Waals surface area contributed by atoms with Crippen molar-refractivity contribution in [1.29, 1.82) is 0 Å². The fraction of sp³-hybridized carbons (Fsp3) is 0.111.